The molecule has 0 radical (unpaired) electrons. The molecule has 0 saturated heterocycles. The van der Waals surface area contributed by atoms with Gasteiger partial charge in [0.1, 0.15) is 0 Å². The smallest absolute Gasteiger partial charge is 0.0709 e. The summed E-state index contributed by atoms with van der Waals surface area (Å²) < 4.78 is 0. The summed E-state index contributed by atoms with van der Waals surface area (Å²) in [5, 5.41) is 3.79. The molecule has 138 valence electrons. The van der Waals surface area contributed by atoms with Crippen LogP contribution in [-0.4, -0.2) is 9.97 Å². The van der Waals surface area contributed by atoms with Gasteiger partial charge in [-0.2, -0.15) is 0 Å². The number of aromatic amines is 1. The van der Waals surface area contributed by atoms with Gasteiger partial charge in [0.2, 0.25) is 0 Å². The Bertz CT molecular complexity index is 1350. The van der Waals surface area contributed by atoms with E-state index in [9.17, 15) is 0 Å². The van der Waals surface area contributed by atoms with Gasteiger partial charge in [0.05, 0.1) is 11.2 Å². The molecule has 2 aromatic heterocycles. The Morgan fingerprint density at radius 1 is 0.483 bits per heavy atom. The largest absolute Gasteiger partial charge is 0.355 e. The molecule has 0 unspecified atom stereocenters. The molecule has 6 rings (SSSR count). The van der Waals surface area contributed by atoms with Gasteiger partial charge in [-0.25, -0.2) is 4.98 Å². The van der Waals surface area contributed by atoms with Crippen molar-refractivity contribution in [3.05, 3.63) is 115 Å². The highest BCUT2D eigenvalue weighted by Crippen LogP contribution is 2.24. The summed E-state index contributed by atoms with van der Waals surface area (Å²) in [6.45, 7) is 0. The van der Waals surface area contributed by atoms with Crippen LogP contribution in [0, 0.1) is 0 Å². The number of aromatic nitrogens is 2. The minimum absolute atomic E-state index is 1.03. The van der Waals surface area contributed by atoms with Gasteiger partial charge in [0.15, 0.2) is 0 Å². The molecule has 0 atom stereocenters. The van der Waals surface area contributed by atoms with E-state index >= 15 is 0 Å². The van der Waals surface area contributed by atoms with Crippen molar-refractivity contribution in [3.8, 4) is 11.3 Å². The van der Waals surface area contributed by atoms with Crippen molar-refractivity contribution in [2.24, 2.45) is 0 Å². The van der Waals surface area contributed by atoms with E-state index in [-0.39, 0.29) is 0 Å². The first-order valence-corrected chi connectivity index (χ1v) is 9.75. The third kappa shape index (κ3) is 3.48. The fourth-order valence-corrected chi connectivity index (χ4v) is 3.63. The molecule has 0 aliphatic heterocycles. The summed E-state index contributed by atoms with van der Waals surface area (Å²) >= 11 is 0. The molecule has 2 heterocycles. The molecule has 4 aromatic carbocycles. The molecule has 1 N–H and O–H groups in total. The molecule has 0 saturated carbocycles. The second kappa shape index (κ2) is 7.61. The zero-order valence-corrected chi connectivity index (χ0v) is 15.9. The highest BCUT2D eigenvalue weighted by molar-refractivity contribution is 6.06. The highest BCUT2D eigenvalue weighted by Gasteiger charge is 2.01. The lowest BCUT2D eigenvalue weighted by Gasteiger charge is -2.02. The van der Waals surface area contributed by atoms with Crippen LogP contribution >= 0.6 is 0 Å². The molecule has 0 spiro atoms. The van der Waals surface area contributed by atoms with Crippen LogP contribution in [-0.2, 0) is 0 Å². The van der Waals surface area contributed by atoms with Gasteiger partial charge in [-0.05, 0) is 24.3 Å². The van der Waals surface area contributed by atoms with E-state index in [0.717, 1.165) is 16.8 Å². The molecule has 0 amide bonds. The fraction of sp³-hybridized carbons (Fsp3) is 0. The van der Waals surface area contributed by atoms with Gasteiger partial charge in [0, 0.05) is 32.8 Å². The monoisotopic (exact) mass is 372 g/mol. The highest BCUT2D eigenvalue weighted by atomic mass is 14.7. The molecule has 2 heteroatoms. The minimum Gasteiger partial charge on any atom is -0.355 e. The maximum atomic E-state index is 4.65. The first-order chi connectivity index (χ1) is 14.4. The van der Waals surface area contributed by atoms with Crippen molar-refractivity contribution in [1.82, 2.24) is 9.97 Å². The Morgan fingerprint density at radius 3 is 1.79 bits per heavy atom. The SMILES string of the molecule is c1ccc(-c2ccc3ccccc3n2)cc1.c1ccc2c(c1)[nH]c1ccccc12. The summed E-state index contributed by atoms with van der Waals surface area (Å²) in [4.78, 5) is 8.02. The molecule has 6 aromatic rings. The number of para-hydroxylation sites is 3. The van der Waals surface area contributed by atoms with Crippen LogP contribution in [0.5, 0.6) is 0 Å². The Hall–Kier alpha value is -3.91. The van der Waals surface area contributed by atoms with Crippen LogP contribution < -0.4 is 0 Å². The first-order valence-electron chi connectivity index (χ1n) is 9.75. The lowest BCUT2D eigenvalue weighted by Crippen LogP contribution is -1.84. The van der Waals surface area contributed by atoms with Crippen molar-refractivity contribution in [2.45, 2.75) is 0 Å². The molecule has 29 heavy (non-hydrogen) atoms. The predicted octanol–water partition coefficient (Wildman–Crippen LogP) is 7.22. The molecule has 0 bridgehead atoms. The zero-order chi connectivity index (χ0) is 19.5. The van der Waals surface area contributed by atoms with Crippen molar-refractivity contribution < 1.29 is 0 Å². The number of hydrogen-bond acceptors (Lipinski definition) is 1. The molecule has 0 aliphatic rings. The van der Waals surface area contributed by atoms with E-state index in [4.69, 9.17) is 0 Å². The molecule has 0 aliphatic carbocycles. The summed E-state index contributed by atoms with van der Waals surface area (Å²) in [5.74, 6) is 0. The summed E-state index contributed by atoms with van der Waals surface area (Å²) in [7, 11) is 0. The quantitative estimate of drug-likeness (QED) is 0.324. The molecular weight excluding hydrogens is 352 g/mol. The van der Waals surface area contributed by atoms with Crippen LogP contribution in [0.15, 0.2) is 115 Å². The van der Waals surface area contributed by atoms with Crippen molar-refractivity contribution in [1.29, 1.82) is 0 Å². The number of hydrogen-bond donors (Lipinski definition) is 1. The Morgan fingerprint density at radius 2 is 1.07 bits per heavy atom. The number of pyridine rings is 1. The van der Waals surface area contributed by atoms with E-state index in [1.807, 2.05) is 36.4 Å². The van der Waals surface area contributed by atoms with Crippen molar-refractivity contribution in [2.75, 3.05) is 0 Å². The number of fused-ring (bicyclic) bond motifs is 4. The van der Waals surface area contributed by atoms with E-state index in [1.54, 1.807) is 0 Å². The van der Waals surface area contributed by atoms with Crippen LogP contribution in [0.3, 0.4) is 0 Å². The summed E-state index contributed by atoms with van der Waals surface area (Å²) in [6.07, 6.45) is 0. The van der Waals surface area contributed by atoms with Gasteiger partial charge in [0.25, 0.3) is 0 Å². The number of rotatable bonds is 1. The Kier molecular flexibility index (Phi) is 4.51. The predicted molar refractivity (Wildman–Crippen MR) is 123 cm³/mol. The van der Waals surface area contributed by atoms with Crippen LogP contribution in [0.2, 0.25) is 0 Å². The van der Waals surface area contributed by atoms with E-state index < -0.39 is 0 Å². The van der Waals surface area contributed by atoms with Crippen molar-refractivity contribution >= 4 is 32.7 Å². The summed E-state index contributed by atoms with van der Waals surface area (Å²) in [6, 6.07) is 39.4. The van der Waals surface area contributed by atoms with Crippen LogP contribution in [0.4, 0.5) is 0 Å². The van der Waals surface area contributed by atoms with Crippen LogP contribution in [0.1, 0.15) is 0 Å². The molecule has 0 fully saturated rings. The minimum atomic E-state index is 1.03. The summed E-state index contributed by atoms with van der Waals surface area (Å²) in [5.41, 5.74) is 5.66. The third-order valence-electron chi connectivity index (χ3n) is 5.08. The molecule has 2 nitrogen and oxygen atoms in total. The van der Waals surface area contributed by atoms with Crippen LogP contribution in [0.25, 0.3) is 44.0 Å². The average Bonchev–Trinajstić information content (AvgIpc) is 3.19. The normalized spacial score (nSPS) is 10.8. The number of nitrogens with zero attached hydrogens (tertiary/aromatic N) is 1. The van der Waals surface area contributed by atoms with Gasteiger partial charge >= 0.3 is 0 Å². The van der Waals surface area contributed by atoms with Gasteiger partial charge in [-0.1, -0.05) is 91.0 Å². The lowest BCUT2D eigenvalue weighted by atomic mass is 10.1. The average molecular weight is 372 g/mol. The maximum Gasteiger partial charge on any atom is 0.0709 e. The number of H-pyrrole nitrogens is 1. The maximum absolute atomic E-state index is 4.65. The topological polar surface area (TPSA) is 28.7 Å². The molecular formula is C27H20N2. The van der Waals surface area contributed by atoms with E-state index in [0.29, 0.717) is 0 Å². The Labute approximate surface area is 169 Å². The van der Waals surface area contributed by atoms with E-state index in [1.165, 1.54) is 27.2 Å². The second-order valence-electron chi connectivity index (χ2n) is 6.97. The zero-order valence-electron chi connectivity index (χ0n) is 15.9. The first kappa shape index (κ1) is 17.2. The Balaban J connectivity index is 0.000000128. The lowest BCUT2D eigenvalue weighted by molar-refractivity contribution is 1.40. The van der Waals surface area contributed by atoms with E-state index in [2.05, 4.69) is 88.8 Å². The number of benzene rings is 4. The van der Waals surface area contributed by atoms with Gasteiger partial charge in [-0.3, -0.25) is 0 Å². The van der Waals surface area contributed by atoms with Gasteiger partial charge in [-0.15, -0.1) is 0 Å². The fourth-order valence-electron chi connectivity index (χ4n) is 3.63. The second-order valence-corrected chi connectivity index (χ2v) is 6.97. The van der Waals surface area contributed by atoms with Gasteiger partial charge < -0.3 is 4.98 Å². The third-order valence-corrected chi connectivity index (χ3v) is 5.08. The van der Waals surface area contributed by atoms with Crippen molar-refractivity contribution in [3.63, 3.8) is 0 Å². The number of nitrogens with one attached hydrogen (secondary N) is 1. The standard InChI is InChI=1S/C15H11N.C12H9N/c1-2-6-12(7-3-1)15-11-10-13-8-4-5-9-14(13)16-15;1-3-7-11-9(5-1)10-6-2-4-8-12(10)13-11/h1-11H;1-8,13H.